The summed E-state index contributed by atoms with van der Waals surface area (Å²) in [6, 6.07) is 11.4. The van der Waals surface area contributed by atoms with Crippen LogP contribution in [-0.2, 0) is 10.0 Å². The Morgan fingerprint density at radius 1 is 1.03 bits per heavy atom. The second-order valence-electron chi connectivity index (χ2n) is 7.18. The molecule has 0 unspecified atom stereocenters. The summed E-state index contributed by atoms with van der Waals surface area (Å²) < 4.78 is 37.4. The first-order valence-electron chi connectivity index (χ1n) is 10.0. The normalized spacial score (nSPS) is 15.6. The molecule has 0 aliphatic carbocycles. The fourth-order valence-corrected chi connectivity index (χ4v) is 5.11. The monoisotopic (exact) mass is 432 g/mol. The average Bonchev–Trinajstić information content (AvgIpc) is 3.33. The van der Waals surface area contributed by atoms with Crippen molar-refractivity contribution in [3.63, 3.8) is 0 Å². The molecule has 8 heteroatoms. The Balaban J connectivity index is 1.74. The summed E-state index contributed by atoms with van der Waals surface area (Å²) in [4.78, 5) is 13.0. The topological polar surface area (TPSA) is 84.9 Å². The van der Waals surface area contributed by atoms with Crippen LogP contribution in [0.25, 0.3) is 0 Å². The Labute approximate surface area is 178 Å². The molecule has 7 nitrogen and oxygen atoms in total. The summed E-state index contributed by atoms with van der Waals surface area (Å²) in [6.45, 7) is 3.08. The minimum absolute atomic E-state index is 0.216. The van der Waals surface area contributed by atoms with E-state index in [2.05, 4.69) is 5.32 Å². The molecule has 0 saturated carbocycles. The van der Waals surface area contributed by atoms with Gasteiger partial charge in [-0.2, -0.15) is 4.31 Å². The zero-order valence-electron chi connectivity index (χ0n) is 17.6. The minimum Gasteiger partial charge on any atom is -0.493 e. The lowest BCUT2D eigenvalue weighted by Crippen LogP contribution is -2.29. The van der Waals surface area contributed by atoms with Gasteiger partial charge in [-0.05, 0) is 61.2 Å². The Morgan fingerprint density at radius 3 is 2.23 bits per heavy atom. The summed E-state index contributed by atoms with van der Waals surface area (Å²) in [5, 5.41) is 3.01. The summed E-state index contributed by atoms with van der Waals surface area (Å²) in [7, 11) is -0.348. The maximum absolute atomic E-state index is 12.8. The molecule has 1 saturated heterocycles. The molecule has 2 aromatic rings. The van der Waals surface area contributed by atoms with Gasteiger partial charge in [0.2, 0.25) is 10.0 Å². The molecule has 1 atom stereocenters. The molecule has 0 spiro atoms. The second-order valence-corrected chi connectivity index (χ2v) is 9.12. The van der Waals surface area contributed by atoms with E-state index in [-0.39, 0.29) is 16.8 Å². The number of hydrogen-bond donors (Lipinski definition) is 1. The number of methoxy groups -OCH3 is 2. The highest BCUT2D eigenvalue weighted by atomic mass is 32.2. The van der Waals surface area contributed by atoms with Crippen molar-refractivity contribution >= 4 is 15.9 Å². The molecule has 3 rings (SSSR count). The molecular weight excluding hydrogens is 404 g/mol. The van der Waals surface area contributed by atoms with E-state index < -0.39 is 10.0 Å². The minimum atomic E-state index is -3.49. The fraction of sp³-hybridized carbons (Fsp3) is 0.409. The zero-order valence-corrected chi connectivity index (χ0v) is 18.4. The van der Waals surface area contributed by atoms with E-state index in [9.17, 15) is 13.2 Å². The molecule has 1 heterocycles. The predicted octanol–water partition coefficient (Wildman–Crippen LogP) is 3.37. The van der Waals surface area contributed by atoms with Crippen LogP contribution >= 0.6 is 0 Å². The van der Waals surface area contributed by atoms with Gasteiger partial charge in [-0.1, -0.05) is 13.0 Å². The molecule has 0 aromatic heterocycles. The third-order valence-corrected chi connectivity index (χ3v) is 7.26. The van der Waals surface area contributed by atoms with Gasteiger partial charge in [-0.3, -0.25) is 4.79 Å². The number of sulfonamides is 1. The van der Waals surface area contributed by atoms with Crippen LogP contribution < -0.4 is 14.8 Å². The summed E-state index contributed by atoms with van der Waals surface area (Å²) in [6.07, 6.45) is 2.45. The Hall–Kier alpha value is -2.58. The maximum Gasteiger partial charge on any atom is 0.251 e. The van der Waals surface area contributed by atoms with Crippen molar-refractivity contribution in [2.45, 2.75) is 37.1 Å². The van der Waals surface area contributed by atoms with E-state index >= 15 is 0 Å². The molecule has 30 heavy (non-hydrogen) atoms. The van der Waals surface area contributed by atoms with Crippen LogP contribution in [0.4, 0.5) is 0 Å². The van der Waals surface area contributed by atoms with Gasteiger partial charge in [0.15, 0.2) is 11.5 Å². The molecule has 1 fully saturated rings. The van der Waals surface area contributed by atoms with E-state index in [0.717, 1.165) is 18.4 Å². The zero-order chi connectivity index (χ0) is 21.7. The maximum atomic E-state index is 12.8. The smallest absolute Gasteiger partial charge is 0.251 e. The lowest BCUT2D eigenvalue weighted by molar-refractivity contribution is 0.0935. The van der Waals surface area contributed by atoms with Crippen molar-refractivity contribution < 1.29 is 22.7 Å². The van der Waals surface area contributed by atoms with Crippen LogP contribution in [0.1, 0.15) is 48.1 Å². The molecule has 2 aromatic carbocycles. The third-order valence-electron chi connectivity index (χ3n) is 5.34. The number of hydrogen-bond acceptors (Lipinski definition) is 5. The van der Waals surface area contributed by atoms with Crippen molar-refractivity contribution in [3.8, 4) is 11.5 Å². The number of nitrogens with zero attached hydrogens (tertiary/aromatic N) is 1. The van der Waals surface area contributed by atoms with Crippen molar-refractivity contribution in [1.29, 1.82) is 0 Å². The predicted molar refractivity (Wildman–Crippen MR) is 114 cm³/mol. The average molecular weight is 433 g/mol. The number of carbonyl (C=O) groups is 1. The van der Waals surface area contributed by atoms with Gasteiger partial charge in [0.25, 0.3) is 5.91 Å². The van der Waals surface area contributed by atoms with Gasteiger partial charge in [0, 0.05) is 18.7 Å². The van der Waals surface area contributed by atoms with Crippen molar-refractivity contribution in [3.05, 3.63) is 53.6 Å². The summed E-state index contributed by atoms with van der Waals surface area (Å²) in [5.41, 5.74) is 1.31. The number of nitrogens with one attached hydrogen (secondary N) is 1. The quantitative estimate of drug-likeness (QED) is 0.691. The second kappa shape index (κ2) is 9.49. The van der Waals surface area contributed by atoms with E-state index in [4.69, 9.17) is 9.47 Å². The number of rotatable bonds is 8. The first kappa shape index (κ1) is 22.1. The SMILES string of the molecule is CC[C@@H](NC(=O)c1ccc(S(=O)(=O)N2CCCC2)cc1)c1ccc(OC)c(OC)c1. The molecular formula is C22H28N2O5S. The third kappa shape index (κ3) is 4.60. The Kier molecular flexibility index (Phi) is 6.99. The Morgan fingerprint density at radius 2 is 1.67 bits per heavy atom. The van der Waals surface area contributed by atoms with Gasteiger partial charge >= 0.3 is 0 Å². The highest BCUT2D eigenvalue weighted by molar-refractivity contribution is 7.89. The van der Waals surface area contributed by atoms with Crippen molar-refractivity contribution in [2.75, 3.05) is 27.3 Å². The van der Waals surface area contributed by atoms with Crippen LogP contribution in [0.5, 0.6) is 11.5 Å². The molecule has 1 aliphatic rings. The standard InChI is InChI=1S/C22H28N2O5S/c1-4-19(17-9-12-20(28-2)21(15-17)29-3)23-22(25)16-7-10-18(11-8-16)30(26,27)24-13-5-6-14-24/h7-12,15,19H,4-6,13-14H2,1-3H3,(H,23,25)/t19-/m1/s1. The molecule has 1 aliphatic heterocycles. The first-order valence-corrected chi connectivity index (χ1v) is 11.5. The summed E-state index contributed by atoms with van der Waals surface area (Å²) in [5.74, 6) is 0.957. The summed E-state index contributed by atoms with van der Waals surface area (Å²) >= 11 is 0. The molecule has 0 radical (unpaired) electrons. The Bertz CT molecular complexity index is 983. The number of ether oxygens (including phenoxy) is 2. The largest absolute Gasteiger partial charge is 0.493 e. The van der Waals surface area contributed by atoms with Crippen LogP contribution in [0.3, 0.4) is 0 Å². The van der Waals surface area contributed by atoms with Gasteiger partial charge in [0.1, 0.15) is 0 Å². The first-order chi connectivity index (χ1) is 14.4. The molecule has 162 valence electrons. The van der Waals surface area contributed by atoms with Gasteiger partial charge in [-0.25, -0.2) is 8.42 Å². The van der Waals surface area contributed by atoms with E-state index in [1.54, 1.807) is 32.4 Å². The number of carbonyl (C=O) groups excluding carboxylic acids is 1. The van der Waals surface area contributed by atoms with E-state index in [1.165, 1.54) is 16.4 Å². The van der Waals surface area contributed by atoms with Crippen LogP contribution in [0, 0.1) is 0 Å². The molecule has 0 bridgehead atoms. The highest BCUT2D eigenvalue weighted by Crippen LogP contribution is 2.31. The number of benzene rings is 2. The number of amides is 1. The van der Waals surface area contributed by atoms with E-state index in [0.29, 0.717) is 36.6 Å². The van der Waals surface area contributed by atoms with Crippen LogP contribution in [0.15, 0.2) is 47.4 Å². The van der Waals surface area contributed by atoms with Gasteiger partial charge < -0.3 is 14.8 Å². The lowest BCUT2D eigenvalue weighted by atomic mass is 10.0. The fourth-order valence-electron chi connectivity index (χ4n) is 3.59. The van der Waals surface area contributed by atoms with Gasteiger partial charge in [0.05, 0.1) is 25.2 Å². The molecule has 1 N–H and O–H groups in total. The lowest BCUT2D eigenvalue weighted by Gasteiger charge is -2.19. The highest BCUT2D eigenvalue weighted by Gasteiger charge is 2.27. The van der Waals surface area contributed by atoms with Crippen molar-refractivity contribution in [1.82, 2.24) is 9.62 Å². The molecule has 1 amide bonds. The van der Waals surface area contributed by atoms with E-state index in [1.807, 2.05) is 19.1 Å². The van der Waals surface area contributed by atoms with Crippen LogP contribution in [0.2, 0.25) is 0 Å². The van der Waals surface area contributed by atoms with Gasteiger partial charge in [-0.15, -0.1) is 0 Å². The van der Waals surface area contributed by atoms with Crippen LogP contribution in [-0.4, -0.2) is 45.9 Å². The van der Waals surface area contributed by atoms with Crippen molar-refractivity contribution in [2.24, 2.45) is 0 Å².